The molecule has 8 atom stereocenters. The van der Waals surface area contributed by atoms with Gasteiger partial charge in [-0.25, -0.2) is 0 Å². The average Bonchev–Trinajstić information content (AvgIpc) is 2.66. The molecule has 2 rings (SSSR count). The van der Waals surface area contributed by atoms with Crippen molar-refractivity contribution in [3.63, 3.8) is 0 Å². The van der Waals surface area contributed by atoms with Gasteiger partial charge in [0.2, 0.25) is 0 Å². The van der Waals surface area contributed by atoms with E-state index < -0.39 is 30.4 Å². The first-order valence-corrected chi connectivity index (χ1v) is 11.5. The summed E-state index contributed by atoms with van der Waals surface area (Å²) in [6, 6.07) is 0. The topological polar surface area (TPSA) is 124 Å². The summed E-state index contributed by atoms with van der Waals surface area (Å²) in [6.45, 7) is 5.98. The molecule has 4 N–H and O–H groups in total. The van der Waals surface area contributed by atoms with Crippen LogP contribution in [0.15, 0.2) is 23.8 Å². The minimum absolute atomic E-state index is 0.0161. The zero-order valence-electron chi connectivity index (χ0n) is 18.8. The summed E-state index contributed by atoms with van der Waals surface area (Å²) >= 11 is 0. The molecule has 0 radical (unpaired) electrons. The Labute approximate surface area is 184 Å². The molecule has 0 fully saturated rings. The number of rotatable bonds is 11. The van der Waals surface area contributed by atoms with E-state index in [1.807, 2.05) is 26.0 Å². The van der Waals surface area contributed by atoms with Crippen LogP contribution in [-0.4, -0.2) is 56.8 Å². The number of esters is 1. The standard InChI is InChI=1S/C24H38O7/c1-4-5-15(3)24(30)31-21-12-18(26)10-16-7-6-14(2)20(23(16)21)9-8-17(25)11-19(27)13-22(28)29/h6-7,10,14-15,17-21,23,25-27H,4-5,8-9,11-13H2,1-3H3,(H,28,29)/t14-,15-,17+,18+,19-,20-,21-,23-/m1/s1. The van der Waals surface area contributed by atoms with Crippen molar-refractivity contribution in [2.75, 3.05) is 0 Å². The number of carbonyl (C=O) groups is 2. The summed E-state index contributed by atoms with van der Waals surface area (Å²) in [4.78, 5) is 23.3. The van der Waals surface area contributed by atoms with E-state index in [-0.39, 0.29) is 42.5 Å². The lowest BCUT2D eigenvalue weighted by molar-refractivity contribution is -0.159. The summed E-state index contributed by atoms with van der Waals surface area (Å²) < 4.78 is 5.90. The third-order valence-electron chi connectivity index (χ3n) is 6.55. The number of carboxylic acids is 1. The maximum Gasteiger partial charge on any atom is 0.308 e. The third-order valence-corrected chi connectivity index (χ3v) is 6.55. The Morgan fingerprint density at radius 1 is 1.23 bits per heavy atom. The first-order chi connectivity index (χ1) is 14.6. The molecule has 2 aliphatic carbocycles. The number of carboxylic acid groups (broad SMARTS) is 1. The molecule has 0 saturated heterocycles. The van der Waals surface area contributed by atoms with Gasteiger partial charge in [0.15, 0.2) is 0 Å². The van der Waals surface area contributed by atoms with Crippen LogP contribution < -0.4 is 0 Å². The van der Waals surface area contributed by atoms with Crippen molar-refractivity contribution in [3.8, 4) is 0 Å². The Balaban J connectivity index is 2.09. The summed E-state index contributed by atoms with van der Waals surface area (Å²) in [7, 11) is 0. The van der Waals surface area contributed by atoms with E-state index in [1.165, 1.54) is 0 Å². The molecular formula is C24H38O7. The van der Waals surface area contributed by atoms with Crippen LogP contribution in [-0.2, 0) is 14.3 Å². The normalized spacial score (nSPS) is 30.6. The van der Waals surface area contributed by atoms with Crippen molar-refractivity contribution >= 4 is 11.9 Å². The Morgan fingerprint density at radius 3 is 2.58 bits per heavy atom. The highest BCUT2D eigenvalue weighted by Crippen LogP contribution is 2.44. The fraction of sp³-hybridized carbons (Fsp3) is 0.750. The quantitative estimate of drug-likeness (QED) is 0.366. The lowest BCUT2D eigenvalue weighted by Gasteiger charge is -2.43. The van der Waals surface area contributed by atoms with Crippen LogP contribution in [0.3, 0.4) is 0 Å². The number of aliphatic carboxylic acids is 1. The first kappa shape index (κ1) is 25.6. The Kier molecular flexibility index (Phi) is 9.72. The zero-order valence-corrected chi connectivity index (χ0v) is 18.8. The average molecular weight is 439 g/mol. The van der Waals surface area contributed by atoms with Gasteiger partial charge >= 0.3 is 11.9 Å². The molecule has 0 aliphatic heterocycles. The van der Waals surface area contributed by atoms with Gasteiger partial charge in [0.1, 0.15) is 6.10 Å². The van der Waals surface area contributed by atoms with Crippen LogP contribution >= 0.6 is 0 Å². The highest BCUT2D eigenvalue weighted by atomic mass is 16.5. The molecule has 176 valence electrons. The molecular weight excluding hydrogens is 400 g/mol. The largest absolute Gasteiger partial charge is 0.481 e. The number of hydrogen-bond acceptors (Lipinski definition) is 6. The summed E-state index contributed by atoms with van der Waals surface area (Å²) in [5, 5.41) is 39.2. The van der Waals surface area contributed by atoms with Gasteiger partial charge < -0.3 is 25.2 Å². The van der Waals surface area contributed by atoms with Gasteiger partial charge in [-0.1, -0.05) is 45.4 Å². The van der Waals surface area contributed by atoms with Gasteiger partial charge in [0.05, 0.1) is 30.7 Å². The minimum Gasteiger partial charge on any atom is -0.481 e. The van der Waals surface area contributed by atoms with E-state index >= 15 is 0 Å². The highest BCUT2D eigenvalue weighted by Gasteiger charge is 2.42. The predicted molar refractivity (Wildman–Crippen MR) is 116 cm³/mol. The summed E-state index contributed by atoms with van der Waals surface area (Å²) in [6.07, 6.45) is 5.62. The van der Waals surface area contributed by atoms with Crippen molar-refractivity contribution in [1.82, 2.24) is 0 Å². The molecule has 0 amide bonds. The van der Waals surface area contributed by atoms with Crippen molar-refractivity contribution in [2.45, 2.75) is 90.1 Å². The SMILES string of the molecule is CCC[C@@H](C)C(=O)O[C@@H]1C[C@@H](O)C=C2C=C[C@@H](C)[C@@H](CC[C@H](O)C[C@@H](O)CC(=O)O)[C@@H]21. The molecule has 0 aromatic heterocycles. The molecule has 0 spiro atoms. The fourth-order valence-electron chi connectivity index (χ4n) is 4.90. The maximum atomic E-state index is 12.6. The monoisotopic (exact) mass is 438 g/mol. The van der Waals surface area contributed by atoms with Gasteiger partial charge in [-0.2, -0.15) is 0 Å². The number of carbonyl (C=O) groups excluding carboxylic acids is 1. The number of fused-ring (bicyclic) bond motifs is 1. The van der Waals surface area contributed by atoms with Crippen LogP contribution in [0.2, 0.25) is 0 Å². The maximum absolute atomic E-state index is 12.6. The van der Waals surface area contributed by atoms with Gasteiger partial charge in [-0.15, -0.1) is 0 Å². The Bertz CT molecular complexity index is 671. The second-order valence-electron chi connectivity index (χ2n) is 9.26. The van der Waals surface area contributed by atoms with Crippen molar-refractivity contribution in [3.05, 3.63) is 23.8 Å². The molecule has 7 heteroatoms. The highest BCUT2D eigenvalue weighted by molar-refractivity contribution is 5.72. The molecule has 0 aromatic rings. The molecule has 0 bridgehead atoms. The summed E-state index contributed by atoms with van der Waals surface area (Å²) in [5.41, 5.74) is 0.961. The van der Waals surface area contributed by atoms with E-state index in [9.17, 15) is 24.9 Å². The van der Waals surface area contributed by atoms with Crippen molar-refractivity contribution in [1.29, 1.82) is 0 Å². The van der Waals surface area contributed by atoms with E-state index in [2.05, 4.69) is 13.0 Å². The second-order valence-corrected chi connectivity index (χ2v) is 9.26. The van der Waals surface area contributed by atoms with Gasteiger partial charge in [-0.05, 0) is 43.1 Å². The molecule has 0 heterocycles. The van der Waals surface area contributed by atoms with Crippen molar-refractivity contribution in [2.24, 2.45) is 23.7 Å². The van der Waals surface area contributed by atoms with Gasteiger partial charge in [0.25, 0.3) is 0 Å². The van der Waals surface area contributed by atoms with E-state index in [1.54, 1.807) is 0 Å². The minimum atomic E-state index is -1.09. The first-order valence-electron chi connectivity index (χ1n) is 11.5. The third kappa shape index (κ3) is 7.44. The lowest BCUT2D eigenvalue weighted by atomic mass is 9.66. The van der Waals surface area contributed by atoms with Crippen LogP contribution in [0, 0.1) is 23.7 Å². The van der Waals surface area contributed by atoms with Crippen molar-refractivity contribution < 1.29 is 34.8 Å². The molecule has 31 heavy (non-hydrogen) atoms. The Hall–Kier alpha value is -1.70. The van der Waals surface area contributed by atoms with E-state index in [4.69, 9.17) is 9.84 Å². The number of ether oxygens (including phenoxy) is 1. The fourth-order valence-corrected chi connectivity index (χ4v) is 4.90. The van der Waals surface area contributed by atoms with E-state index in [0.29, 0.717) is 19.3 Å². The molecule has 0 saturated carbocycles. The van der Waals surface area contributed by atoms with Crippen LogP contribution in [0.1, 0.15) is 65.7 Å². The van der Waals surface area contributed by atoms with E-state index in [0.717, 1.165) is 18.4 Å². The number of aliphatic hydroxyl groups is 3. The van der Waals surface area contributed by atoms with Crippen LogP contribution in [0.5, 0.6) is 0 Å². The predicted octanol–water partition coefficient (Wildman–Crippen LogP) is 2.83. The number of aliphatic hydroxyl groups excluding tert-OH is 3. The molecule has 2 aliphatic rings. The summed E-state index contributed by atoms with van der Waals surface area (Å²) in [5.74, 6) is -1.28. The molecule has 0 unspecified atom stereocenters. The van der Waals surface area contributed by atoms with Crippen LogP contribution in [0.25, 0.3) is 0 Å². The van der Waals surface area contributed by atoms with Crippen LogP contribution in [0.4, 0.5) is 0 Å². The van der Waals surface area contributed by atoms with Gasteiger partial charge in [-0.3, -0.25) is 9.59 Å². The van der Waals surface area contributed by atoms with Gasteiger partial charge in [0, 0.05) is 12.3 Å². The smallest absolute Gasteiger partial charge is 0.308 e. The Morgan fingerprint density at radius 2 is 1.94 bits per heavy atom. The molecule has 7 nitrogen and oxygen atoms in total. The molecule has 0 aromatic carbocycles. The lowest BCUT2D eigenvalue weighted by Crippen LogP contribution is -2.43. The number of allylic oxidation sites excluding steroid dienone is 2. The number of hydrogen-bond donors (Lipinski definition) is 4. The zero-order chi connectivity index (χ0) is 23.1. The second kappa shape index (κ2) is 11.8.